The van der Waals surface area contributed by atoms with E-state index in [0.717, 1.165) is 62.4 Å². The molecule has 218 valence electrons. The minimum Gasteiger partial charge on any atom is -0.480 e. The molecule has 1 aromatic carbocycles. The molecule has 0 bridgehead atoms. The molecular weight excluding hydrogens is 518 g/mol. The predicted molar refractivity (Wildman–Crippen MR) is 162 cm³/mol. The second-order valence-electron chi connectivity index (χ2n) is 10.2. The molecule has 0 unspecified atom stereocenters. The van der Waals surface area contributed by atoms with Crippen molar-refractivity contribution in [3.63, 3.8) is 0 Å². The van der Waals surface area contributed by atoms with Gasteiger partial charge in [-0.25, -0.2) is 14.8 Å². The fraction of sp³-hybridized carbons (Fsp3) is 0.419. The predicted octanol–water partition coefficient (Wildman–Crippen LogP) is 4.04. The molecule has 10 nitrogen and oxygen atoms in total. The van der Waals surface area contributed by atoms with Crippen LogP contribution in [0, 0.1) is 5.41 Å². The summed E-state index contributed by atoms with van der Waals surface area (Å²) in [6.07, 6.45) is 7.11. The van der Waals surface area contributed by atoms with Gasteiger partial charge in [0, 0.05) is 55.9 Å². The Balaban J connectivity index is 1.31. The number of aromatic nitrogens is 2. The number of para-hydroxylation sites is 1. The Bertz CT molecular complexity index is 1270. The number of carbonyl (C=O) groups is 1. The van der Waals surface area contributed by atoms with Crippen molar-refractivity contribution >= 4 is 23.3 Å². The molecule has 3 aromatic rings. The summed E-state index contributed by atoms with van der Waals surface area (Å²) in [5.41, 5.74) is 3.79. The standard InChI is InChI=1S/C31H41N7O3/c1-33-26-12-3-2-11-25(26)29(32)37-27(31(39)40)16-20-38(21-22-41-28-13-4-6-17-34-28)19-7-5-10-24-15-14-23-9-8-18-35-30(23)36-24/h2-4,6,11-15,17,27,33H,5,7-10,16,18-22H2,1H3,(H2,32,37)(H,35,36)(H,39,40)/t27-/m0/s1. The van der Waals surface area contributed by atoms with Crippen LogP contribution in [0.15, 0.2) is 60.8 Å². The topological polar surface area (TPSA) is 135 Å². The Morgan fingerprint density at radius 2 is 1.98 bits per heavy atom. The van der Waals surface area contributed by atoms with Gasteiger partial charge in [-0.05, 0) is 74.9 Å². The summed E-state index contributed by atoms with van der Waals surface area (Å²) in [4.78, 5) is 23.4. The van der Waals surface area contributed by atoms with Crippen LogP contribution in [-0.4, -0.2) is 77.7 Å². The molecule has 2 aromatic heterocycles. The van der Waals surface area contributed by atoms with Gasteiger partial charge in [0.15, 0.2) is 0 Å². The highest BCUT2D eigenvalue weighted by molar-refractivity contribution is 6.02. The third kappa shape index (κ3) is 9.18. The zero-order valence-corrected chi connectivity index (χ0v) is 23.7. The van der Waals surface area contributed by atoms with Gasteiger partial charge in [0.05, 0.1) is 0 Å². The number of nitrogens with zero attached hydrogens (tertiary/aromatic N) is 3. The van der Waals surface area contributed by atoms with Crippen molar-refractivity contribution in [2.24, 2.45) is 0 Å². The smallest absolute Gasteiger partial charge is 0.326 e. The van der Waals surface area contributed by atoms with E-state index in [9.17, 15) is 9.90 Å². The normalized spacial score (nSPS) is 13.1. The molecule has 3 heterocycles. The number of fused-ring (bicyclic) bond motifs is 1. The zero-order chi connectivity index (χ0) is 28.9. The summed E-state index contributed by atoms with van der Waals surface area (Å²) in [6.45, 7) is 3.43. The third-order valence-corrected chi connectivity index (χ3v) is 7.22. The van der Waals surface area contributed by atoms with Crippen LogP contribution in [0.5, 0.6) is 5.88 Å². The van der Waals surface area contributed by atoms with Gasteiger partial charge < -0.3 is 25.8 Å². The van der Waals surface area contributed by atoms with Crippen LogP contribution in [0.1, 0.15) is 42.5 Å². The Hall–Kier alpha value is -4.18. The number of hydrogen-bond acceptors (Lipinski definition) is 8. The maximum Gasteiger partial charge on any atom is 0.326 e. The van der Waals surface area contributed by atoms with Crippen molar-refractivity contribution in [3.05, 3.63) is 77.6 Å². The van der Waals surface area contributed by atoms with E-state index in [4.69, 9.17) is 15.1 Å². The van der Waals surface area contributed by atoms with Crippen molar-refractivity contribution in [1.29, 1.82) is 5.41 Å². The summed E-state index contributed by atoms with van der Waals surface area (Å²) in [7, 11) is 1.78. The number of nitrogens with one attached hydrogen (secondary N) is 4. The van der Waals surface area contributed by atoms with E-state index in [2.05, 4.69) is 38.0 Å². The fourth-order valence-electron chi connectivity index (χ4n) is 4.94. The summed E-state index contributed by atoms with van der Waals surface area (Å²) in [5.74, 6) is 0.700. The maximum absolute atomic E-state index is 12.1. The van der Waals surface area contributed by atoms with Gasteiger partial charge >= 0.3 is 5.97 Å². The Kier molecular flexibility index (Phi) is 11.3. The molecule has 1 aliphatic rings. The number of carboxylic acid groups (broad SMARTS) is 1. The van der Waals surface area contributed by atoms with Crippen LogP contribution in [0.4, 0.5) is 11.5 Å². The van der Waals surface area contributed by atoms with Gasteiger partial charge in [-0.3, -0.25) is 10.3 Å². The Labute approximate surface area is 242 Å². The molecule has 10 heteroatoms. The van der Waals surface area contributed by atoms with Gasteiger partial charge in [-0.15, -0.1) is 0 Å². The van der Waals surface area contributed by atoms with Gasteiger partial charge in [0.1, 0.15) is 24.3 Å². The second kappa shape index (κ2) is 15.6. The first-order chi connectivity index (χ1) is 20.0. The minimum atomic E-state index is -0.978. The molecule has 0 amide bonds. The maximum atomic E-state index is 12.1. The lowest BCUT2D eigenvalue weighted by Crippen LogP contribution is -2.44. The highest BCUT2D eigenvalue weighted by Gasteiger charge is 2.21. The van der Waals surface area contributed by atoms with Crippen LogP contribution in [0.25, 0.3) is 0 Å². The number of unbranched alkanes of at least 4 members (excludes halogenated alkanes) is 1. The van der Waals surface area contributed by atoms with E-state index in [-0.39, 0.29) is 5.84 Å². The number of rotatable bonds is 16. The van der Waals surface area contributed by atoms with E-state index < -0.39 is 12.0 Å². The van der Waals surface area contributed by atoms with Crippen LogP contribution >= 0.6 is 0 Å². The van der Waals surface area contributed by atoms with Gasteiger partial charge in [-0.2, -0.15) is 0 Å². The monoisotopic (exact) mass is 559 g/mol. The molecule has 1 atom stereocenters. The number of amidine groups is 1. The van der Waals surface area contributed by atoms with Crippen LogP contribution < -0.4 is 20.7 Å². The van der Waals surface area contributed by atoms with E-state index in [0.29, 0.717) is 37.6 Å². The summed E-state index contributed by atoms with van der Waals surface area (Å²) >= 11 is 0. The Morgan fingerprint density at radius 1 is 1.12 bits per heavy atom. The molecule has 0 saturated heterocycles. The average Bonchev–Trinajstić information content (AvgIpc) is 3.01. The molecule has 41 heavy (non-hydrogen) atoms. The quantitative estimate of drug-likeness (QED) is 0.100. The first kappa shape index (κ1) is 29.8. The molecule has 0 spiro atoms. The number of aryl methyl sites for hydroxylation is 2. The number of ether oxygens (including phenoxy) is 1. The number of carboxylic acids is 1. The lowest BCUT2D eigenvalue weighted by Gasteiger charge is -2.25. The summed E-state index contributed by atoms with van der Waals surface area (Å²) < 4.78 is 5.82. The largest absolute Gasteiger partial charge is 0.480 e. The number of aliphatic carboxylic acids is 1. The Morgan fingerprint density at radius 3 is 2.78 bits per heavy atom. The number of hydrogen-bond donors (Lipinski definition) is 5. The summed E-state index contributed by atoms with van der Waals surface area (Å²) in [5, 5.41) is 27.8. The molecule has 5 N–H and O–H groups in total. The molecule has 4 rings (SSSR count). The number of anilines is 2. The average molecular weight is 560 g/mol. The fourth-order valence-corrected chi connectivity index (χ4v) is 4.94. The van der Waals surface area contributed by atoms with E-state index in [1.807, 2.05) is 36.4 Å². The van der Waals surface area contributed by atoms with E-state index in [1.165, 1.54) is 5.56 Å². The van der Waals surface area contributed by atoms with Crippen molar-refractivity contribution in [1.82, 2.24) is 20.2 Å². The molecule has 0 aliphatic carbocycles. The molecule has 0 saturated carbocycles. The van der Waals surface area contributed by atoms with Crippen molar-refractivity contribution in [2.45, 2.75) is 44.6 Å². The van der Waals surface area contributed by atoms with Gasteiger partial charge in [-0.1, -0.05) is 24.3 Å². The highest BCUT2D eigenvalue weighted by atomic mass is 16.5. The summed E-state index contributed by atoms with van der Waals surface area (Å²) in [6, 6.07) is 16.4. The first-order valence-corrected chi connectivity index (χ1v) is 14.4. The van der Waals surface area contributed by atoms with E-state index >= 15 is 0 Å². The molecule has 1 aliphatic heterocycles. The first-order valence-electron chi connectivity index (χ1n) is 14.4. The van der Waals surface area contributed by atoms with Crippen LogP contribution in [0.2, 0.25) is 0 Å². The SMILES string of the molecule is CNc1ccccc1C(=N)N[C@@H](CCN(CCCCc1ccc2c(n1)NCCC2)CCOc1ccccn1)C(=O)O. The number of benzene rings is 1. The van der Waals surface area contributed by atoms with Crippen molar-refractivity contribution in [3.8, 4) is 5.88 Å². The second-order valence-corrected chi connectivity index (χ2v) is 10.2. The van der Waals surface area contributed by atoms with Crippen molar-refractivity contribution < 1.29 is 14.6 Å². The zero-order valence-electron chi connectivity index (χ0n) is 23.7. The molecule has 0 radical (unpaired) electrons. The third-order valence-electron chi connectivity index (χ3n) is 7.22. The number of pyridine rings is 2. The van der Waals surface area contributed by atoms with Gasteiger partial charge in [0.2, 0.25) is 5.88 Å². The van der Waals surface area contributed by atoms with E-state index in [1.54, 1.807) is 19.3 Å². The minimum absolute atomic E-state index is 0.0828. The molecule has 0 fully saturated rings. The highest BCUT2D eigenvalue weighted by Crippen LogP contribution is 2.20. The van der Waals surface area contributed by atoms with Gasteiger partial charge in [0.25, 0.3) is 0 Å². The lowest BCUT2D eigenvalue weighted by atomic mass is 10.1. The molecular formula is C31H41N7O3. The van der Waals surface area contributed by atoms with Crippen LogP contribution in [0.3, 0.4) is 0 Å². The lowest BCUT2D eigenvalue weighted by molar-refractivity contribution is -0.139. The van der Waals surface area contributed by atoms with Crippen LogP contribution in [-0.2, 0) is 17.6 Å². The van der Waals surface area contributed by atoms with Crippen molar-refractivity contribution in [2.75, 3.05) is 50.5 Å².